The predicted molar refractivity (Wildman–Crippen MR) is 62.2 cm³/mol. The lowest BCUT2D eigenvalue weighted by Crippen LogP contribution is -2.23. The molecule has 1 aliphatic rings. The fourth-order valence-electron chi connectivity index (χ4n) is 1.87. The van der Waals surface area contributed by atoms with Crippen LogP contribution in [-0.2, 0) is 6.42 Å². The molecule has 0 saturated carbocycles. The summed E-state index contributed by atoms with van der Waals surface area (Å²) < 4.78 is 0. The van der Waals surface area contributed by atoms with Gasteiger partial charge in [-0.05, 0) is 19.3 Å². The zero-order valence-electron chi connectivity index (χ0n) is 8.83. The van der Waals surface area contributed by atoms with Crippen LogP contribution in [0.1, 0.15) is 38.3 Å². The normalized spacial score (nSPS) is 18.2. The highest BCUT2D eigenvalue weighted by atomic mass is 32.1. The molecule has 0 atom stereocenters. The Balaban J connectivity index is 2.04. The third-order valence-electron chi connectivity index (χ3n) is 2.78. The zero-order valence-corrected chi connectivity index (χ0v) is 9.65. The number of nitrogens with zero attached hydrogens (tertiary/aromatic N) is 2. The molecule has 2 nitrogen and oxygen atoms in total. The minimum Gasteiger partial charge on any atom is -0.348 e. The van der Waals surface area contributed by atoms with Crippen LogP contribution in [0.4, 0.5) is 5.13 Å². The fourth-order valence-corrected chi connectivity index (χ4v) is 2.83. The molecular weight excluding hydrogens is 192 g/mol. The zero-order chi connectivity index (χ0) is 9.80. The Bertz CT molecular complexity index is 275. The van der Waals surface area contributed by atoms with Crippen LogP contribution in [0.2, 0.25) is 0 Å². The first kappa shape index (κ1) is 9.97. The van der Waals surface area contributed by atoms with Crippen molar-refractivity contribution in [2.24, 2.45) is 0 Å². The first-order valence-electron chi connectivity index (χ1n) is 5.59. The number of aromatic nitrogens is 1. The summed E-state index contributed by atoms with van der Waals surface area (Å²) in [6, 6.07) is 0. The lowest BCUT2D eigenvalue weighted by atomic mass is 10.2. The van der Waals surface area contributed by atoms with Crippen molar-refractivity contribution in [3.8, 4) is 0 Å². The van der Waals surface area contributed by atoms with Gasteiger partial charge in [0.15, 0.2) is 5.13 Å². The molecule has 0 radical (unpaired) electrons. The Morgan fingerprint density at radius 1 is 1.29 bits per heavy atom. The van der Waals surface area contributed by atoms with Crippen molar-refractivity contribution in [2.45, 2.75) is 39.0 Å². The number of rotatable bonds is 2. The van der Waals surface area contributed by atoms with Gasteiger partial charge >= 0.3 is 0 Å². The van der Waals surface area contributed by atoms with Gasteiger partial charge in [0.2, 0.25) is 0 Å². The third kappa shape index (κ3) is 2.27. The minimum absolute atomic E-state index is 1.06. The van der Waals surface area contributed by atoms with Gasteiger partial charge in [-0.2, -0.15) is 0 Å². The molecule has 1 aliphatic heterocycles. The molecule has 1 aromatic heterocycles. The lowest BCUT2D eigenvalue weighted by molar-refractivity contribution is 0.726. The largest absolute Gasteiger partial charge is 0.348 e. The van der Waals surface area contributed by atoms with Crippen molar-refractivity contribution >= 4 is 16.5 Å². The molecule has 2 rings (SSSR count). The second kappa shape index (κ2) is 4.78. The van der Waals surface area contributed by atoms with Gasteiger partial charge in [-0.3, -0.25) is 0 Å². The average Bonchev–Trinajstić information content (AvgIpc) is 2.53. The Labute approximate surface area is 90.0 Å². The molecule has 14 heavy (non-hydrogen) atoms. The van der Waals surface area contributed by atoms with E-state index in [0.717, 1.165) is 6.42 Å². The Hall–Kier alpha value is -0.570. The first-order valence-corrected chi connectivity index (χ1v) is 6.47. The molecule has 0 amide bonds. The van der Waals surface area contributed by atoms with Crippen LogP contribution in [-0.4, -0.2) is 18.1 Å². The number of hydrogen-bond acceptors (Lipinski definition) is 3. The van der Waals surface area contributed by atoms with Crippen molar-refractivity contribution in [3.63, 3.8) is 0 Å². The highest BCUT2D eigenvalue weighted by Crippen LogP contribution is 2.23. The second-order valence-corrected chi connectivity index (χ2v) is 4.71. The summed E-state index contributed by atoms with van der Waals surface area (Å²) in [5, 5.41) is 3.43. The maximum atomic E-state index is 4.64. The van der Waals surface area contributed by atoms with Crippen LogP contribution >= 0.6 is 11.3 Å². The van der Waals surface area contributed by atoms with Crippen molar-refractivity contribution < 1.29 is 0 Å². The first-order chi connectivity index (χ1) is 6.90. The number of hydrogen-bond donors (Lipinski definition) is 0. The molecule has 0 N–H and O–H groups in total. The molecule has 1 saturated heterocycles. The predicted octanol–water partition coefficient (Wildman–Crippen LogP) is 3.09. The molecule has 0 spiro atoms. The standard InChI is InChI=1S/C11H18N2S/c1-2-10-9-14-11(12-10)13-7-5-3-4-6-8-13/h9H,2-8H2,1H3. The van der Waals surface area contributed by atoms with E-state index in [1.165, 1.54) is 49.6 Å². The van der Waals surface area contributed by atoms with Crippen LogP contribution in [0.25, 0.3) is 0 Å². The summed E-state index contributed by atoms with van der Waals surface area (Å²) in [6.45, 7) is 4.58. The summed E-state index contributed by atoms with van der Waals surface area (Å²) in [6.07, 6.45) is 6.51. The van der Waals surface area contributed by atoms with E-state index >= 15 is 0 Å². The summed E-state index contributed by atoms with van der Waals surface area (Å²) >= 11 is 1.80. The van der Waals surface area contributed by atoms with Gasteiger partial charge in [0.1, 0.15) is 0 Å². The van der Waals surface area contributed by atoms with Crippen molar-refractivity contribution in [1.82, 2.24) is 4.98 Å². The minimum atomic E-state index is 1.06. The Kier molecular flexibility index (Phi) is 3.40. The molecule has 2 heterocycles. The van der Waals surface area contributed by atoms with E-state index in [1.807, 2.05) is 0 Å². The second-order valence-electron chi connectivity index (χ2n) is 3.88. The maximum absolute atomic E-state index is 4.64. The van der Waals surface area contributed by atoms with E-state index in [0.29, 0.717) is 0 Å². The van der Waals surface area contributed by atoms with E-state index in [2.05, 4.69) is 22.2 Å². The number of thiazole rings is 1. The van der Waals surface area contributed by atoms with Gasteiger partial charge in [-0.1, -0.05) is 19.8 Å². The monoisotopic (exact) mass is 210 g/mol. The van der Waals surface area contributed by atoms with Gasteiger partial charge in [0, 0.05) is 18.5 Å². The lowest BCUT2D eigenvalue weighted by Gasteiger charge is -2.18. The number of anilines is 1. The van der Waals surface area contributed by atoms with Crippen LogP contribution in [0, 0.1) is 0 Å². The number of aryl methyl sites for hydroxylation is 1. The highest BCUT2D eigenvalue weighted by molar-refractivity contribution is 7.13. The molecule has 1 fully saturated rings. The summed E-state index contributed by atoms with van der Waals surface area (Å²) in [7, 11) is 0. The van der Waals surface area contributed by atoms with E-state index in [4.69, 9.17) is 0 Å². The van der Waals surface area contributed by atoms with E-state index in [9.17, 15) is 0 Å². The molecule has 1 aromatic rings. The van der Waals surface area contributed by atoms with Crippen molar-refractivity contribution in [2.75, 3.05) is 18.0 Å². The molecule has 78 valence electrons. The highest BCUT2D eigenvalue weighted by Gasteiger charge is 2.12. The quantitative estimate of drug-likeness (QED) is 0.745. The SMILES string of the molecule is CCc1csc(N2CCCCCC2)n1. The summed E-state index contributed by atoms with van der Waals surface area (Å²) in [5.41, 5.74) is 1.24. The molecule has 3 heteroatoms. The van der Waals surface area contributed by atoms with Crippen LogP contribution in [0.5, 0.6) is 0 Å². The van der Waals surface area contributed by atoms with E-state index < -0.39 is 0 Å². The smallest absolute Gasteiger partial charge is 0.185 e. The average molecular weight is 210 g/mol. The molecule has 0 aliphatic carbocycles. The van der Waals surface area contributed by atoms with Crippen LogP contribution in [0.3, 0.4) is 0 Å². The van der Waals surface area contributed by atoms with E-state index in [-0.39, 0.29) is 0 Å². The van der Waals surface area contributed by atoms with Gasteiger partial charge < -0.3 is 4.90 Å². The van der Waals surface area contributed by atoms with Gasteiger partial charge in [-0.25, -0.2) is 4.98 Å². The molecule has 0 unspecified atom stereocenters. The third-order valence-corrected chi connectivity index (χ3v) is 3.73. The Morgan fingerprint density at radius 3 is 2.57 bits per heavy atom. The topological polar surface area (TPSA) is 16.1 Å². The summed E-state index contributed by atoms with van der Waals surface area (Å²) in [4.78, 5) is 7.09. The van der Waals surface area contributed by atoms with Crippen molar-refractivity contribution in [1.29, 1.82) is 0 Å². The van der Waals surface area contributed by atoms with Gasteiger partial charge in [0.05, 0.1) is 5.69 Å². The molecular formula is C11H18N2S. The fraction of sp³-hybridized carbons (Fsp3) is 0.727. The summed E-state index contributed by atoms with van der Waals surface area (Å²) in [5.74, 6) is 0. The van der Waals surface area contributed by atoms with Crippen LogP contribution in [0.15, 0.2) is 5.38 Å². The Morgan fingerprint density at radius 2 is 2.00 bits per heavy atom. The molecule has 0 bridgehead atoms. The van der Waals surface area contributed by atoms with Crippen molar-refractivity contribution in [3.05, 3.63) is 11.1 Å². The van der Waals surface area contributed by atoms with Gasteiger partial charge in [0.25, 0.3) is 0 Å². The van der Waals surface area contributed by atoms with E-state index in [1.54, 1.807) is 11.3 Å². The maximum Gasteiger partial charge on any atom is 0.185 e. The van der Waals surface area contributed by atoms with Crippen LogP contribution < -0.4 is 4.90 Å². The van der Waals surface area contributed by atoms with Gasteiger partial charge in [-0.15, -0.1) is 11.3 Å². The molecule has 0 aromatic carbocycles.